The van der Waals surface area contributed by atoms with Gasteiger partial charge in [-0.1, -0.05) is 26.0 Å². The summed E-state index contributed by atoms with van der Waals surface area (Å²) in [7, 11) is 1.88. The summed E-state index contributed by atoms with van der Waals surface area (Å²) in [6.45, 7) is 11.3. The maximum Gasteiger partial charge on any atom is 0.191 e. The SMILES string of the molecule is CCNC(=NCc1ccc(C)cc1OCCCC(C)C)NCc1ncnn1C. The maximum atomic E-state index is 6.06. The lowest BCUT2D eigenvalue weighted by Crippen LogP contribution is -2.37. The van der Waals surface area contributed by atoms with Gasteiger partial charge in [0.2, 0.25) is 0 Å². The maximum absolute atomic E-state index is 6.06. The number of hydrogen-bond acceptors (Lipinski definition) is 4. The molecule has 0 aliphatic heterocycles. The van der Waals surface area contributed by atoms with Crippen molar-refractivity contribution in [3.63, 3.8) is 0 Å². The van der Waals surface area contributed by atoms with Crippen LogP contribution in [-0.2, 0) is 20.1 Å². The number of hydrogen-bond donors (Lipinski definition) is 2. The van der Waals surface area contributed by atoms with E-state index in [4.69, 9.17) is 9.73 Å². The van der Waals surface area contributed by atoms with E-state index < -0.39 is 0 Å². The fourth-order valence-corrected chi connectivity index (χ4v) is 2.75. The average molecular weight is 387 g/mol. The van der Waals surface area contributed by atoms with Crippen molar-refractivity contribution < 1.29 is 4.74 Å². The molecule has 0 fully saturated rings. The van der Waals surface area contributed by atoms with Crippen molar-refractivity contribution in [2.24, 2.45) is 18.0 Å². The van der Waals surface area contributed by atoms with Crippen LogP contribution in [0.25, 0.3) is 0 Å². The molecular formula is C21H34N6O. The van der Waals surface area contributed by atoms with E-state index in [1.54, 1.807) is 11.0 Å². The third-order valence-corrected chi connectivity index (χ3v) is 4.38. The second-order valence-electron chi connectivity index (χ2n) is 7.34. The zero-order chi connectivity index (χ0) is 20.4. The van der Waals surface area contributed by atoms with Crippen molar-refractivity contribution in [2.75, 3.05) is 13.2 Å². The molecule has 0 spiro atoms. The molecule has 0 unspecified atom stereocenters. The smallest absolute Gasteiger partial charge is 0.191 e. The molecule has 0 aliphatic carbocycles. The summed E-state index contributed by atoms with van der Waals surface area (Å²) in [6.07, 6.45) is 3.79. The number of benzene rings is 1. The van der Waals surface area contributed by atoms with Gasteiger partial charge in [-0.15, -0.1) is 0 Å². The molecule has 0 bridgehead atoms. The fraction of sp³-hybridized carbons (Fsp3) is 0.571. The van der Waals surface area contributed by atoms with Crippen LogP contribution in [0.4, 0.5) is 0 Å². The lowest BCUT2D eigenvalue weighted by Gasteiger charge is -2.14. The normalized spacial score (nSPS) is 11.7. The first-order valence-corrected chi connectivity index (χ1v) is 10.1. The van der Waals surface area contributed by atoms with Crippen molar-refractivity contribution in [3.8, 4) is 5.75 Å². The second-order valence-corrected chi connectivity index (χ2v) is 7.34. The number of rotatable bonds is 10. The summed E-state index contributed by atoms with van der Waals surface area (Å²) in [5.41, 5.74) is 2.28. The van der Waals surface area contributed by atoms with E-state index in [-0.39, 0.29) is 0 Å². The highest BCUT2D eigenvalue weighted by Crippen LogP contribution is 2.22. The van der Waals surface area contributed by atoms with Gasteiger partial charge in [0.1, 0.15) is 17.9 Å². The van der Waals surface area contributed by atoms with E-state index in [1.165, 1.54) is 12.0 Å². The van der Waals surface area contributed by atoms with E-state index >= 15 is 0 Å². The van der Waals surface area contributed by atoms with E-state index in [0.717, 1.165) is 42.7 Å². The molecular weight excluding hydrogens is 352 g/mol. The summed E-state index contributed by atoms with van der Waals surface area (Å²) in [4.78, 5) is 8.95. The molecule has 154 valence electrons. The van der Waals surface area contributed by atoms with Crippen molar-refractivity contribution in [3.05, 3.63) is 41.5 Å². The molecule has 1 aromatic heterocycles. The second kappa shape index (κ2) is 11.3. The molecule has 2 aromatic rings. The van der Waals surface area contributed by atoms with Crippen LogP contribution in [0.1, 0.15) is 50.6 Å². The summed E-state index contributed by atoms with van der Waals surface area (Å²) in [5, 5.41) is 10.7. The van der Waals surface area contributed by atoms with Gasteiger partial charge in [0.25, 0.3) is 0 Å². The van der Waals surface area contributed by atoms with Crippen LogP contribution in [0.15, 0.2) is 29.5 Å². The molecule has 7 heteroatoms. The zero-order valence-electron chi connectivity index (χ0n) is 17.8. The highest BCUT2D eigenvalue weighted by atomic mass is 16.5. The van der Waals surface area contributed by atoms with Crippen LogP contribution in [0, 0.1) is 12.8 Å². The third kappa shape index (κ3) is 7.21. The molecule has 28 heavy (non-hydrogen) atoms. The van der Waals surface area contributed by atoms with Crippen LogP contribution < -0.4 is 15.4 Å². The summed E-state index contributed by atoms with van der Waals surface area (Å²) >= 11 is 0. The number of ether oxygens (including phenoxy) is 1. The minimum atomic E-state index is 0.550. The number of nitrogens with zero attached hydrogens (tertiary/aromatic N) is 4. The van der Waals surface area contributed by atoms with Gasteiger partial charge in [-0.05, 0) is 44.2 Å². The fourth-order valence-electron chi connectivity index (χ4n) is 2.75. The Morgan fingerprint density at radius 3 is 2.79 bits per heavy atom. The first-order valence-electron chi connectivity index (χ1n) is 10.1. The minimum Gasteiger partial charge on any atom is -0.493 e. The summed E-state index contributed by atoms with van der Waals surface area (Å²) < 4.78 is 7.81. The third-order valence-electron chi connectivity index (χ3n) is 4.38. The van der Waals surface area contributed by atoms with Crippen molar-refractivity contribution in [2.45, 2.75) is 53.6 Å². The number of guanidine groups is 1. The molecule has 1 heterocycles. The van der Waals surface area contributed by atoms with Gasteiger partial charge < -0.3 is 15.4 Å². The number of aryl methyl sites for hydroxylation is 2. The van der Waals surface area contributed by atoms with Crippen LogP contribution in [0.2, 0.25) is 0 Å². The number of aromatic nitrogens is 3. The molecule has 0 amide bonds. The Balaban J connectivity index is 2.00. The molecule has 2 rings (SSSR count). The molecule has 7 nitrogen and oxygen atoms in total. The molecule has 2 N–H and O–H groups in total. The Kier molecular flexibility index (Phi) is 8.78. The van der Waals surface area contributed by atoms with Crippen LogP contribution in [0.5, 0.6) is 5.75 Å². The van der Waals surface area contributed by atoms with Crippen LogP contribution >= 0.6 is 0 Å². The van der Waals surface area contributed by atoms with Crippen molar-refractivity contribution in [1.29, 1.82) is 0 Å². The van der Waals surface area contributed by atoms with Gasteiger partial charge in [0.15, 0.2) is 5.96 Å². The minimum absolute atomic E-state index is 0.550. The van der Waals surface area contributed by atoms with E-state index in [0.29, 0.717) is 19.0 Å². The van der Waals surface area contributed by atoms with Gasteiger partial charge >= 0.3 is 0 Å². The summed E-state index contributed by atoms with van der Waals surface area (Å²) in [6, 6.07) is 6.30. The zero-order valence-corrected chi connectivity index (χ0v) is 17.8. The van der Waals surface area contributed by atoms with Gasteiger partial charge in [-0.3, -0.25) is 4.68 Å². The van der Waals surface area contributed by atoms with E-state index in [2.05, 4.69) is 66.6 Å². The van der Waals surface area contributed by atoms with Gasteiger partial charge in [-0.25, -0.2) is 9.98 Å². The lowest BCUT2D eigenvalue weighted by atomic mass is 10.1. The number of aliphatic imine (C=N–C) groups is 1. The van der Waals surface area contributed by atoms with Crippen molar-refractivity contribution in [1.82, 2.24) is 25.4 Å². The average Bonchev–Trinajstić information content (AvgIpc) is 3.07. The Morgan fingerprint density at radius 2 is 2.11 bits per heavy atom. The van der Waals surface area contributed by atoms with Crippen LogP contribution in [0.3, 0.4) is 0 Å². The monoisotopic (exact) mass is 386 g/mol. The van der Waals surface area contributed by atoms with Crippen molar-refractivity contribution >= 4 is 5.96 Å². The van der Waals surface area contributed by atoms with Crippen LogP contribution in [-0.4, -0.2) is 33.9 Å². The Labute approximate surface area is 168 Å². The molecule has 0 saturated heterocycles. The predicted octanol–water partition coefficient (Wildman–Crippen LogP) is 3.19. The number of nitrogens with one attached hydrogen (secondary N) is 2. The molecule has 0 saturated carbocycles. The molecule has 0 atom stereocenters. The molecule has 0 radical (unpaired) electrons. The van der Waals surface area contributed by atoms with E-state index in [9.17, 15) is 0 Å². The van der Waals surface area contributed by atoms with Gasteiger partial charge in [0, 0.05) is 19.2 Å². The molecule has 0 aliphatic rings. The largest absolute Gasteiger partial charge is 0.493 e. The first-order chi connectivity index (χ1) is 13.5. The summed E-state index contributed by atoms with van der Waals surface area (Å²) in [5.74, 6) is 3.23. The highest BCUT2D eigenvalue weighted by Gasteiger charge is 2.07. The van der Waals surface area contributed by atoms with Gasteiger partial charge in [0.05, 0.1) is 19.7 Å². The Bertz CT molecular complexity index is 753. The topological polar surface area (TPSA) is 76.4 Å². The highest BCUT2D eigenvalue weighted by molar-refractivity contribution is 5.79. The standard InChI is InChI=1S/C21H34N6O/c1-6-22-21(24-14-20-25-15-26-27(20)5)23-13-18-10-9-17(4)12-19(18)28-11-7-8-16(2)3/h9-10,12,15-16H,6-8,11,13-14H2,1-5H3,(H2,22,23,24). The Hall–Kier alpha value is -2.57. The quantitative estimate of drug-likeness (QED) is 0.373. The molecule has 1 aromatic carbocycles. The first kappa shape index (κ1) is 21.7. The lowest BCUT2D eigenvalue weighted by molar-refractivity contribution is 0.295. The Morgan fingerprint density at radius 1 is 1.29 bits per heavy atom. The van der Waals surface area contributed by atoms with Gasteiger partial charge in [-0.2, -0.15) is 5.10 Å². The van der Waals surface area contributed by atoms with E-state index in [1.807, 2.05) is 7.05 Å². The predicted molar refractivity (Wildman–Crippen MR) is 113 cm³/mol.